The van der Waals surface area contributed by atoms with Crippen LogP contribution in [0.4, 0.5) is 0 Å². The summed E-state index contributed by atoms with van der Waals surface area (Å²) in [5.41, 5.74) is 1.17. The van der Waals surface area contributed by atoms with Gasteiger partial charge in [0, 0.05) is 0 Å². The molecule has 7 N–H and O–H groups in total. The molecular weight excluding hydrogens is 674 g/mol. The van der Waals surface area contributed by atoms with E-state index in [0.29, 0.717) is 6.42 Å². The lowest BCUT2D eigenvalue weighted by Gasteiger charge is -2.40. The van der Waals surface area contributed by atoms with Crippen molar-refractivity contribution in [3.05, 3.63) is 48.1 Å². The van der Waals surface area contributed by atoms with Crippen LogP contribution in [0.1, 0.15) is 156 Å². The summed E-state index contributed by atoms with van der Waals surface area (Å²) in [5.74, 6) is -0.721. The van der Waals surface area contributed by atoms with E-state index >= 15 is 0 Å². The summed E-state index contributed by atoms with van der Waals surface area (Å²) in [6, 6.07) is -1.04. The summed E-state index contributed by atoms with van der Waals surface area (Å²) in [5, 5.41) is 64.3. The molecular formula is C43H77NO9. The van der Waals surface area contributed by atoms with Crippen molar-refractivity contribution in [3.8, 4) is 0 Å². The Morgan fingerprint density at radius 3 is 1.79 bits per heavy atom. The lowest BCUT2D eigenvalue weighted by atomic mass is 9.99. The topological polar surface area (TPSA) is 169 Å². The van der Waals surface area contributed by atoms with Crippen LogP contribution in [-0.2, 0) is 14.3 Å². The molecule has 1 rings (SSSR count). The predicted octanol–water partition coefficient (Wildman–Crippen LogP) is 6.86. The Kier molecular flexibility index (Phi) is 30.0. The number of ether oxygens (including phenoxy) is 2. The smallest absolute Gasteiger partial charge is 0.253 e. The molecule has 0 bridgehead atoms. The predicted molar refractivity (Wildman–Crippen MR) is 213 cm³/mol. The number of rotatable bonds is 32. The number of aliphatic hydroxyl groups is 6. The third-order valence-electron chi connectivity index (χ3n) is 9.83. The lowest BCUT2D eigenvalue weighted by Crippen LogP contribution is -2.60. The molecule has 0 aromatic carbocycles. The molecule has 1 unspecified atom stereocenters. The van der Waals surface area contributed by atoms with Gasteiger partial charge in [-0.1, -0.05) is 158 Å². The first-order chi connectivity index (χ1) is 25.7. The van der Waals surface area contributed by atoms with Crippen molar-refractivity contribution in [1.29, 1.82) is 0 Å². The van der Waals surface area contributed by atoms with Gasteiger partial charge in [-0.25, -0.2) is 0 Å². The normalized spacial score (nSPS) is 23.0. The van der Waals surface area contributed by atoms with Gasteiger partial charge in [-0.2, -0.15) is 0 Å². The molecule has 0 aromatic rings. The quantitative estimate of drug-likeness (QED) is 0.0221. The first-order valence-corrected chi connectivity index (χ1v) is 20.9. The molecule has 1 fully saturated rings. The van der Waals surface area contributed by atoms with E-state index in [0.717, 1.165) is 32.1 Å². The lowest BCUT2D eigenvalue weighted by molar-refractivity contribution is -0.302. The van der Waals surface area contributed by atoms with Gasteiger partial charge in [-0.3, -0.25) is 4.79 Å². The summed E-state index contributed by atoms with van der Waals surface area (Å²) in [4.78, 5) is 13.0. The molecule has 1 saturated heterocycles. The Morgan fingerprint density at radius 2 is 1.23 bits per heavy atom. The molecule has 0 radical (unpaired) electrons. The van der Waals surface area contributed by atoms with Crippen LogP contribution in [0.25, 0.3) is 0 Å². The Labute approximate surface area is 321 Å². The van der Waals surface area contributed by atoms with Gasteiger partial charge < -0.3 is 45.4 Å². The Morgan fingerprint density at radius 1 is 0.698 bits per heavy atom. The summed E-state index contributed by atoms with van der Waals surface area (Å²) in [6.45, 7) is 5.56. The van der Waals surface area contributed by atoms with E-state index in [2.05, 4.69) is 44.3 Å². The second-order valence-corrected chi connectivity index (χ2v) is 14.7. The minimum absolute atomic E-state index is 0.350. The van der Waals surface area contributed by atoms with Gasteiger partial charge in [0.15, 0.2) is 12.4 Å². The van der Waals surface area contributed by atoms with Crippen LogP contribution < -0.4 is 5.32 Å². The summed E-state index contributed by atoms with van der Waals surface area (Å²) < 4.78 is 11.1. The molecule has 0 aliphatic carbocycles. The van der Waals surface area contributed by atoms with E-state index in [1.54, 1.807) is 12.2 Å². The molecule has 0 saturated carbocycles. The molecule has 0 aromatic heterocycles. The zero-order chi connectivity index (χ0) is 39.1. The fourth-order valence-corrected chi connectivity index (χ4v) is 6.29. The van der Waals surface area contributed by atoms with Crippen molar-refractivity contribution in [2.24, 2.45) is 0 Å². The Bertz CT molecular complexity index is 1010. The average Bonchev–Trinajstić information content (AvgIpc) is 3.15. The van der Waals surface area contributed by atoms with Crippen LogP contribution in [0.3, 0.4) is 0 Å². The number of allylic oxidation sites excluding steroid dienone is 6. The molecule has 10 heteroatoms. The van der Waals surface area contributed by atoms with Gasteiger partial charge in [-0.05, 0) is 45.4 Å². The van der Waals surface area contributed by atoms with Gasteiger partial charge in [0.05, 0.1) is 25.4 Å². The minimum Gasteiger partial charge on any atom is -0.394 e. The highest BCUT2D eigenvalue weighted by Gasteiger charge is 2.44. The fraction of sp³-hybridized carbons (Fsp3) is 0.791. The highest BCUT2D eigenvalue weighted by Crippen LogP contribution is 2.22. The number of aliphatic hydroxyl groups excluding tert-OH is 6. The van der Waals surface area contributed by atoms with Crippen LogP contribution in [0, 0.1) is 0 Å². The Hall–Kier alpha value is -1.89. The van der Waals surface area contributed by atoms with Crippen LogP contribution in [-0.4, -0.2) is 98.7 Å². The third kappa shape index (κ3) is 23.6. The second-order valence-electron chi connectivity index (χ2n) is 14.7. The van der Waals surface area contributed by atoms with E-state index in [9.17, 15) is 35.4 Å². The van der Waals surface area contributed by atoms with Crippen molar-refractivity contribution in [2.45, 2.75) is 205 Å². The van der Waals surface area contributed by atoms with Crippen LogP contribution >= 0.6 is 0 Å². The second kappa shape index (κ2) is 32.4. The van der Waals surface area contributed by atoms with Gasteiger partial charge in [0.2, 0.25) is 0 Å². The SMILES string of the molecule is CCCCCCC/C=C/C(C)=C/CC/C=C/[C@@H](O)[C@H](COC1O[C@H](CO)[C@@H](O)[C@H](O)[C@H]1O)NC(=O)[C@H](O)/C=C/CCCCCCCCCCCCCC. The summed E-state index contributed by atoms with van der Waals surface area (Å²) in [7, 11) is 0. The monoisotopic (exact) mass is 752 g/mol. The molecule has 8 atom stereocenters. The van der Waals surface area contributed by atoms with Crippen LogP contribution in [0.2, 0.25) is 0 Å². The van der Waals surface area contributed by atoms with E-state index in [1.165, 1.54) is 108 Å². The molecule has 53 heavy (non-hydrogen) atoms. The van der Waals surface area contributed by atoms with E-state index in [4.69, 9.17) is 9.47 Å². The van der Waals surface area contributed by atoms with E-state index < -0.39 is 61.5 Å². The maximum Gasteiger partial charge on any atom is 0.253 e. The maximum absolute atomic E-state index is 13.0. The number of carbonyl (C=O) groups excluding carboxylic acids is 1. The van der Waals surface area contributed by atoms with Crippen LogP contribution in [0.15, 0.2) is 48.1 Å². The number of hydrogen-bond acceptors (Lipinski definition) is 9. The highest BCUT2D eigenvalue weighted by molar-refractivity contribution is 5.82. The molecule has 1 heterocycles. The van der Waals surface area contributed by atoms with Gasteiger partial charge in [0.1, 0.15) is 24.4 Å². The minimum atomic E-state index is -1.63. The van der Waals surface area contributed by atoms with Gasteiger partial charge in [-0.15, -0.1) is 0 Å². The zero-order valence-electron chi connectivity index (χ0n) is 33.3. The number of nitrogens with one attached hydrogen (secondary N) is 1. The summed E-state index contributed by atoms with van der Waals surface area (Å²) in [6.07, 6.45) is 27.7. The van der Waals surface area contributed by atoms with Crippen molar-refractivity contribution in [3.63, 3.8) is 0 Å². The molecule has 0 spiro atoms. The average molecular weight is 752 g/mol. The van der Waals surface area contributed by atoms with Gasteiger partial charge in [0.25, 0.3) is 5.91 Å². The number of hydrogen-bond donors (Lipinski definition) is 7. The highest BCUT2D eigenvalue weighted by atomic mass is 16.7. The number of unbranched alkanes of at least 4 members (excludes halogenated alkanes) is 18. The van der Waals surface area contributed by atoms with E-state index in [-0.39, 0.29) is 6.61 Å². The number of amides is 1. The zero-order valence-corrected chi connectivity index (χ0v) is 33.3. The van der Waals surface area contributed by atoms with Gasteiger partial charge >= 0.3 is 0 Å². The molecule has 1 aliphatic rings. The van der Waals surface area contributed by atoms with Crippen molar-refractivity contribution in [2.75, 3.05) is 13.2 Å². The maximum atomic E-state index is 13.0. The van der Waals surface area contributed by atoms with Crippen molar-refractivity contribution in [1.82, 2.24) is 5.32 Å². The Balaban J connectivity index is 2.62. The van der Waals surface area contributed by atoms with E-state index in [1.807, 2.05) is 6.08 Å². The van der Waals surface area contributed by atoms with Crippen molar-refractivity contribution < 1.29 is 44.9 Å². The molecule has 1 amide bonds. The summed E-state index contributed by atoms with van der Waals surface area (Å²) >= 11 is 0. The molecule has 1 aliphatic heterocycles. The number of carbonyl (C=O) groups is 1. The first kappa shape index (κ1) is 49.1. The van der Waals surface area contributed by atoms with Crippen molar-refractivity contribution >= 4 is 5.91 Å². The largest absolute Gasteiger partial charge is 0.394 e. The molecule has 10 nitrogen and oxygen atoms in total. The fourth-order valence-electron chi connectivity index (χ4n) is 6.29. The third-order valence-corrected chi connectivity index (χ3v) is 9.83. The first-order valence-electron chi connectivity index (χ1n) is 20.9. The molecule has 308 valence electrons. The van der Waals surface area contributed by atoms with Crippen LogP contribution in [0.5, 0.6) is 0 Å². The standard InChI is InChI=1S/C43H77NO9/c1-4-6-8-10-12-13-14-15-16-17-18-20-22-26-31-37(47)42(51)44-35(33-52-43-41(50)40(49)39(48)38(32-45)53-43)36(46)30-27-23-25-29-34(3)28-24-21-19-11-9-7-5-2/h24,26-31,35-41,43,45-50H,4-23,25,32-33H2,1-3H3,(H,44,51)/b28-24+,30-27+,31-26+,34-29+/t35-,36+,37+,38+,39+,40-,41+,43?/m0/s1.